The van der Waals surface area contributed by atoms with Crippen LogP contribution in [-0.2, 0) is 9.53 Å². The molecule has 0 aliphatic carbocycles. The SMILES string of the molecule is Brc1cc(Br)c(Br)c(Br)c1Br.C=C(C)C(=O)OC. The minimum Gasteiger partial charge on any atom is -0.466 e. The second-order valence-corrected chi connectivity index (χ2v) is 7.14. The third-order valence-electron chi connectivity index (χ3n) is 1.59. The van der Waals surface area contributed by atoms with Crippen molar-refractivity contribution in [2.75, 3.05) is 7.11 Å². The second-order valence-electron chi connectivity index (χ2n) is 3.05. The van der Waals surface area contributed by atoms with E-state index in [2.05, 4.69) is 91.0 Å². The molecule has 0 saturated carbocycles. The molecule has 0 atom stereocenters. The van der Waals surface area contributed by atoms with Crippen molar-refractivity contribution >= 4 is 85.6 Å². The number of benzene rings is 1. The van der Waals surface area contributed by atoms with Crippen LogP contribution >= 0.6 is 79.6 Å². The maximum atomic E-state index is 10.2. The molecular formula is C11H9Br5O2. The van der Waals surface area contributed by atoms with Crippen molar-refractivity contribution in [1.82, 2.24) is 0 Å². The molecule has 0 unspecified atom stereocenters. The summed E-state index contributed by atoms with van der Waals surface area (Å²) in [5.41, 5.74) is 0.433. The molecule has 2 nitrogen and oxygen atoms in total. The molecule has 0 spiro atoms. The Kier molecular flexibility index (Phi) is 9.30. The summed E-state index contributed by atoms with van der Waals surface area (Å²) in [6.45, 7) is 4.95. The lowest BCUT2D eigenvalue weighted by atomic mass is 10.4. The van der Waals surface area contributed by atoms with Gasteiger partial charge in [0.1, 0.15) is 0 Å². The standard InChI is InChI=1S/C6HBr5.C5H8O2/c7-2-1-3(8)5(10)6(11)4(2)9;1-4(2)5(6)7-3/h1H;1H2,2-3H3. The fraction of sp³-hybridized carbons (Fsp3) is 0.182. The van der Waals surface area contributed by atoms with Crippen molar-refractivity contribution in [3.8, 4) is 0 Å². The van der Waals surface area contributed by atoms with Gasteiger partial charge < -0.3 is 4.74 Å². The molecule has 0 aliphatic heterocycles. The largest absolute Gasteiger partial charge is 0.466 e. The first-order valence-electron chi connectivity index (χ1n) is 4.44. The van der Waals surface area contributed by atoms with Crippen molar-refractivity contribution in [2.24, 2.45) is 0 Å². The van der Waals surface area contributed by atoms with Crippen LogP contribution in [0.15, 0.2) is 40.6 Å². The predicted molar refractivity (Wildman–Crippen MR) is 91.8 cm³/mol. The van der Waals surface area contributed by atoms with Crippen LogP contribution in [0.3, 0.4) is 0 Å². The summed E-state index contributed by atoms with van der Waals surface area (Å²) < 4.78 is 9.31. The van der Waals surface area contributed by atoms with Crippen molar-refractivity contribution in [2.45, 2.75) is 6.92 Å². The molecule has 0 fully saturated rings. The molecule has 0 aromatic heterocycles. The number of ether oxygens (including phenoxy) is 1. The van der Waals surface area contributed by atoms with Gasteiger partial charge in [0.25, 0.3) is 0 Å². The van der Waals surface area contributed by atoms with Crippen molar-refractivity contribution < 1.29 is 9.53 Å². The lowest BCUT2D eigenvalue weighted by molar-refractivity contribution is -0.136. The van der Waals surface area contributed by atoms with Crippen LogP contribution in [0.5, 0.6) is 0 Å². The Bertz CT molecular complexity index is 445. The van der Waals surface area contributed by atoms with Crippen molar-refractivity contribution in [1.29, 1.82) is 0 Å². The van der Waals surface area contributed by atoms with Crippen LogP contribution in [0.1, 0.15) is 6.92 Å². The van der Waals surface area contributed by atoms with Crippen molar-refractivity contribution in [3.05, 3.63) is 40.6 Å². The summed E-state index contributed by atoms with van der Waals surface area (Å²) >= 11 is 17.1. The summed E-state index contributed by atoms with van der Waals surface area (Å²) in [4.78, 5) is 10.2. The van der Waals surface area contributed by atoms with Crippen LogP contribution in [-0.4, -0.2) is 13.1 Å². The highest BCUT2D eigenvalue weighted by atomic mass is 79.9. The summed E-state index contributed by atoms with van der Waals surface area (Å²) in [6, 6.07) is 1.97. The predicted octanol–water partition coefficient (Wildman–Crippen LogP) is 6.23. The molecular weight excluding hydrogens is 564 g/mol. The van der Waals surface area contributed by atoms with Gasteiger partial charge in [-0.25, -0.2) is 4.79 Å². The quantitative estimate of drug-likeness (QED) is 0.173. The Morgan fingerprint density at radius 2 is 1.44 bits per heavy atom. The number of carbonyl (C=O) groups excluding carboxylic acids is 1. The molecule has 7 heteroatoms. The summed E-state index contributed by atoms with van der Waals surface area (Å²) in [6.07, 6.45) is 0. The molecule has 1 aromatic rings. The molecule has 0 amide bonds. The van der Waals surface area contributed by atoms with E-state index >= 15 is 0 Å². The van der Waals surface area contributed by atoms with E-state index in [1.54, 1.807) is 6.92 Å². The van der Waals surface area contributed by atoms with E-state index in [1.807, 2.05) is 6.07 Å². The van der Waals surface area contributed by atoms with Crippen LogP contribution in [0.4, 0.5) is 0 Å². The van der Waals surface area contributed by atoms with Gasteiger partial charge in [-0.15, -0.1) is 0 Å². The first-order valence-corrected chi connectivity index (χ1v) is 8.41. The van der Waals surface area contributed by atoms with Gasteiger partial charge in [0.2, 0.25) is 0 Å². The first-order chi connectivity index (χ1) is 8.22. The number of hydrogen-bond donors (Lipinski definition) is 0. The number of hydrogen-bond acceptors (Lipinski definition) is 2. The molecule has 0 saturated heterocycles. The molecule has 18 heavy (non-hydrogen) atoms. The molecule has 0 bridgehead atoms. The number of esters is 1. The average molecular weight is 573 g/mol. The van der Waals surface area contributed by atoms with Crippen molar-refractivity contribution in [3.63, 3.8) is 0 Å². The maximum Gasteiger partial charge on any atom is 0.332 e. The highest BCUT2D eigenvalue weighted by Gasteiger charge is 2.09. The summed E-state index contributed by atoms with van der Waals surface area (Å²) in [7, 11) is 1.33. The Hall–Kier alpha value is 0.830. The third kappa shape index (κ3) is 5.86. The van der Waals surface area contributed by atoms with Gasteiger partial charge >= 0.3 is 5.97 Å². The molecule has 100 valence electrons. The van der Waals surface area contributed by atoms with Gasteiger partial charge in [-0.3, -0.25) is 0 Å². The second kappa shape index (κ2) is 8.89. The van der Waals surface area contributed by atoms with E-state index in [0.29, 0.717) is 5.57 Å². The highest BCUT2D eigenvalue weighted by Crippen LogP contribution is 2.40. The fourth-order valence-electron chi connectivity index (χ4n) is 0.718. The number of methoxy groups -OCH3 is 1. The zero-order chi connectivity index (χ0) is 14.5. The minimum atomic E-state index is -0.347. The van der Waals surface area contributed by atoms with E-state index in [0.717, 1.165) is 22.4 Å². The van der Waals surface area contributed by atoms with E-state index < -0.39 is 0 Å². The highest BCUT2D eigenvalue weighted by molar-refractivity contribution is 9.15. The fourth-order valence-corrected chi connectivity index (χ4v) is 3.73. The van der Waals surface area contributed by atoms with Gasteiger partial charge in [-0.1, -0.05) is 6.58 Å². The van der Waals surface area contributed by atoms with Gasteiger partial charge in [0.15, 0.2) is 0 Å². The summed E-state index contributed by atoms with van der Waals surface area (Å²) in [5, 5.41) is 0. The Morgan fingerprint density at radius 1 is 1.06 bits per heavy atom. The zero-order valence-corrected chi connectivity index (χ0v) is 17.4. The molecule has 0 aliphatic rings. The van der Waals surface area contributed by atoms with Crippen LogP contribution in [0.25, 0.3) is 0 Å². The van der Waals surface area contributed by atoms with E-state index in [-0.39, 0.29) is 5.97 Å². The number of halogens is 5. The molecule has 1 aromatic carbocycles. The number of rotatable bonds is 1. The average Bonchev–Trinajstić information content (AvgIpc) is 2.33. The Morgan fingerprint density at radius 3 is 1.67 bits per heavy atom. The van der Waals surface area contributed by atoms with Crippen LogP contribution in [0.2, 0.25) is 0 Å². The van der Waals surface area contributed by atoms with Crippen LogP contribution < -0.4 is 0 Å². The van der Waals surface area contributed by atoms with Gasteiger partial charge in [-0.05, 0) is 92.6 Å². The topological polar surface area (TPSA) is 26.3 Å². The summed E-state index contributed by atoms with van der Waals surface area (Å²) in [5.74, 6) is -0.347. The van der Waals surface area contributed by atoms with Gasteiger partial charge in [-0.2, -0.15) is 0 Å². The lowest BCUT2D eigenvalue weighted by Gasteiger charge is -2.04. The Balaban J connectivity index is 0.000000360. The van der Waals surface area contributed by atoms with E-state index in [1.165, 1.54) is 7.11 Å². The molecule has 1 rings (SSSR count). The molecule has 0 radical (unpaired) electrons. The minimum absolute atomic E-state index is 0.347. The Labute approximate surface area is 148 Å². The first kappa shape index (κ1) is 18.8. The van der Waals surface area contributed by atoms with Gasteiger partial charge in [0.05, 0.1) is 7.11 Å². The lowest BCUT2D eigenvalue weighted by Crippen LogP contribution is -1.98. The monoisotopic (exact) mass is 568 g/mol. The maximum absolute atomic E-state index is 10.2. The smallest absolute Gasteiger partial charge is 0.332 e. The normalized spacial score (nSPS) is 9.28. The third-order valence-corrected chi connectivity index (χ3v) is 7.41. The van der Waals surface area contributed by atoms with Gasteiger partial charge in [0, 0.05) is 27.9 Å². The van der Waals surface area contributed by atoms with E-state index in [9.17, 15) is 4.79 Å². The zero-order valence-electron chi connectivity index (χ0n) is 9.49. The van der Waals surface area contributed by atoms with Crippen LogP contribution in [0, 0.1) is 0 Å². The number of carbonyl (C=O) groups is 1. The molecule has 0 heterocycles. The van der Waals surface area contributed by atoms with E-state index in [4.69, 9.17) is 0 Å². The molecule has 0 N–H and O–H groups in total.